The van der Waals surface area contributed by atoms with Crippen LogP contribution in [0.15, 0.2) is 18.3 Å². The van der Waals surface area contributed by atoms with Crippen molar-refractivity contribution in [2.24, 2.45) is 0 Å². The van der Waals surface area contributed by atoms with E-state index in [9.17, 15) is 4.79 Å². The number of carbonyl (C=O) groups is 1. The Morgan fingerprint density at radius 2 is 2.15 bits per heavy atom. The molecule has 26 heavy (non-hydrogen) atoms. The molecule has 0 N–H and O–H groups in total. The van der Waals surface area contributed by atoms with Gasteiger partial charge in [-0.15, -0.1) is 0 Å². The van der Waals surface area contributed by atoms with Gasteiger partial charge in [0.15, 0.2) is 0 Å². The van der Waals surface area contributed by atoms with Crippen LogP contribution in [0.25, 0.3) is 0 Å². The van der Waals surface area contributed by atoms with Crippen molar-refractivity contribution in [1.29, 1.82) is 0 Å². The molecule has 3 heterocycles. The van der Waals surface area contributed by atoms with Gasteiger partial charge < -0.3 is 19.3 Å². The van der Waals surface area contributed by atoms with E-state index in [1.165, 1.54) is 0 Å². The van der Waals surface area contributed by atoms with Gasteiger partial charge in [-0.05, 0) is 26.6 Å². The van der Waals surface area contributed by atoms with E-state index in [0.29, 0.717) is 19.6 Å². The maximum atomic E-state index is 12.3. The third-order valence-corrected chi connectivity index (χ3v) is 4.80. The highest BCUT2D eigenvalue weighted by Crippen LogP contribution is 2.19. The Bertz CT molecular complexity index is 590. The van der Waals surface area contributed by atoms with Crippen LogP contribution < -0.4 is 4.74 Å². The van der Waals surface area contributed by atoms with Gasteiger partial charge in [0, 0.05) is 58.0 Å². The van der Waals surface area contributed by atoms with Gasteiger partial charge in [0.05, 0.1) is 18.9 Å². The van der Waals surface area contributed by atoms with Gasteiger partial charge in [0.2, 0.25) is 5.91 Å². The average Bonchev–Trinajstić information content (AvgIpc) is 3.07. The lowest BCUT2D eigenvalue weighted by Crippen LogP contribution is -2.42. The maximum Gasteiger partial charge on any atom is 0.224 e. The normalized spacial score (nSPS) is 21.3. The highest BCUT2D eigenvalue weighted by Gasteiger charge is 2.25. The molecule has 2 aliphatic rings. The van der Waals surface area contributed by atoms with E-state index in [0.717, 1.165) is 57.1 Å². The number of aromatic nitrogens is 1. The summed E-state index contributed by atoms with van der Waals surface area (Å²) in [5.41, 5.74) is 1.01. The maximum absolute atomic E-state index is 12.3. The van der Waals surface area contributed by atoms with E-state index >= 15 is 0 Å². The molecule has 0 bridgehead atoms. The van der Waals surface area contributed by atoms with Gasteiger partial charge in [-0.3, -0.25) is 14.7 Å². The number of nitrogens with zero attached hydrogens (tertiary/aromatic N) is 4. The summed E-state index contributed by atoms with van der Waals surface area (Å²) < 4.78 is 11.4. The SMILES string of the molecule is CN(C)Cc1cc(OC2CCN(CCC(=O)N3CCOCC3)C2)ccn1. The zero-order valence-corrected chi connectivity index (χ0v) is 15.9. The second kappa shape index (κ2) is 9.30. The Labute approximate surface area is 155 Å². The summed E-state index contributed by atoms with van der Waals surface area (Å²) in [4.78, 5) is 23.0. The monoisotopic (exact) mass is 362 g/mol. The van der Waals surface area contributed by atoms with Crippen LogP contribution in [-0.2, 0) is 16.1 Å². The lowest BCUT2D eigenvalue weighted by molar-refractivity contribution is -0.135. The van der Waals surface area contributed by atoms with Gasteiger partial charge >= 0.3 is 0 Å². The molecule has 144 valence electrons. The summed E-state index contributed by atoms with van der Waals surface area (Å²) in [5, 5.41) is 0. The highest BCUT2D eigenvalue weighted by atomic mass is 16.5. The Balaban J connectivity index is 1.41. The van der Waals surface area contributed by atoms with E-state index in [2.05, 4.69) is 14.8 Å². The van der Waals surface area contributed by atoms with Crippen LogP contribution in [0.1, 0.15) is 18.5 Å². The summed E-state index contributed by atoms with van der Waals surface area (Å²) in [6.07, 6.45) is 3.57. The van der Waals surface area contributed by atoms with Gasteiger partial charge in [-0.25, -0.2) is 0 Å². The first-order valence-electron chi connectivity index (χ1n) is 9.44. The minimum absolute atomic E-state index is 0.183. The molecule has 0 radical (unpaired) electrons. The molecule has 0 saturated carbocycles. The van der Waals surface area contributed by atoms with Gasteiger partial charge in [-0.2, -0.15) is 0 Å². The molecule has 2 saturated heterocycles. The number of rotatable bonds is 7. The van der Waals surface area contributed by atoms with Crippen LogP contribution in [0.3, 0.4) is 0 Å². The van der Waals surface area contributed by atoms with Crippen molar-refractivity contribution >= 4 is 5.91 Å². The smallest absolute Gasteiger partial charge is 0.224 e. The lowest BCUT2D eigenvalue weighted by atomic mass is 10.3. The fourth-order valence-corrected chi connectivity index (χ4v) is 3.45. The average molecular weight is 362 g/mol. The van der Waals surface area contributed by atoms with Gasteiger partial charge in [-0.1, -0.05) is 0 Å². The zero-order chi connectivity index (χ0) is 18.4. The molecule has 1 aromatic heterocycles. The fraction of sp³-hybridized carbons (Fsp3) is 0.684. The summed E-state index contributed by atoms with van der Waals surface area (Å²) in [6.45, 7) is 6.23. The minimum Gasteiger partial charge on any atom is -0.489 e. The standard InChI is InChI=1S/C19H30N4O3/c1-21(2)14-16-13-17(3-6-20-16)26-18-4-7-22(15-18)8-5-19(24)23-9-11-25-12-10-23/h3,6,13,18H,4-5,7-12,14-15H2,1-2H3. The van der Waals surface area contributed by atoms with Crippen molar-refractivity contribution in [3.05, 3.63) is 24.0 Å². The fourth-order valence-electron chi connectivity index (χ4n) is 3.45. The quantitative estimate of drug-likeness (QED) is 0.717. The van der Waals surface area contributed by atoms with Gasteiger partial charge in [0.1, 0.15) is 11.9 Å². The van der Waals surface area contributed by atoms with E-state index in [-0.39, 0.29) is 12.0 Å². The molecule has 7 nitrogen and oxygen atoms in total. The van der Waals surface area contributed by atoms with Crippen LogP contribution in [0.5, 0.6) is 5.75 Å². The van der Waals surface area contributed by atoms with Crippen molar-refractivity contribution in [2.45, 2.75) is 25.5 Å². The Morgan fingerprint density at radius 3 is 2.92 bits per heavy atom. The molecule has 1 amide bonds. The van der Waals surface area contributed by atoms with E-state index in [1.54, 1.807) is 0 Å². The zero-order valence-electron chi connectivity index (χ0n) is 15.9. The molecule has 2 aliphatic heterocycles. The minimum atomic E-state index is 0.183. The van der Waals surface area contributed by atoms with Crippen LogP contribution in [0.2, 0.25) is 0 Å². The molecule has 0 spiro atoms. The number of pyridine rings is 1. The summed E-state index contributed by atoms with van der Waals surface area (Å²) in [5.74, 6) is 1.12. The van der Waals surface area contributed by atoms with Crippen LogP contribution >= 0.6 is 0 Å². The van der Waals surface area contributed by atoms with Crippen molar-refractivity contribution in [3.63, 3.8) is 0 Å². The van der Waals surface area contributed by atoms with Crippen LogP contribution in [0, 0.1) is 0 Å². The molecule has 1 aromatic rings. The number of hydrogen-bond donors (Lipinski definition) is 0. The van der Waals surface area contributed by atoms with Crippen LogP contribution in [0.4, 0.5) is 0 Å². The second-order valence-corrected chi connectivity index (χ2v) is 7.29. The lowest BCUT2D eigenvalue weighted by Gasteiger charge is -2.27. The van der Waals surface area contributed by atoms with E-state index < -0.39 is 0 Å². The first kappa shape index (κ1) is 19.1. The molecule has 7 heteroatoms. The van der Waals surface area contributed by atoms with Crippen molar-refractivity contribution < 1.29 is 14.3 Å². The second-order valence-electron chi connectivity index (χ2n) is 7.29. The first-order valence-corrected chi connectivity index (χ1v) is 9.44. The predicted molar refractivity (Wildman–Crippen MR) is 99.1 cm³/mol. The Kier molecular flexibility index (Phi) is 6.82. The molecular formula is C19H30N4O3. The number of hydrogen-bond acceptors (Lipinski definition) is 6. The van der Waals surface area contributed by atoms with Crippen LogP contribution in [-0.4, -0.2) is 91.7 Å². The first-order chi connectivity index (χ1) is 12.6. The van der Waals surface area contributed by atoms with Crippen molar-refractivity contribution in [2.75, 3.05) is 60.0 Å². The summed E-state index contributed by atoms with van der Waals surface area (Å²) in [7, 11) is 4.06. The van der Waals surface area contributed by atoms with Crippen molar-refractivity contribution in [3.8, 4) is 5.75 Å². The third-order valence-electron chi connectivity index (χ3n) is 4.80. The molecule has 1 atom stereocenters. The number of likely N-dealkylation sites (tertiary alicyclic amines) is 1. The third kappa shape index (κ3) is 5.65. The largest absolute Gasteiger partial charge is 0.489 e. The predicted octanol–water partition coefficient (Wildman–Crippen LogP) is 0.845. The van der Waals surface area contributed by atoms with Crippen molar-refractivity contribution in [1.82, 2.24) is 19.7 Å². The van der Waals surface area contributed by atoms with E-state index in [4.69, 9.17) is 9.47 Å². The molecule has 0 aromatic carbocycles. The molecule has 0 aliphatic carbocycles. The molecule has 3 rings (SSSR count). The molecule has 2 fully saturated rings. The number of ether oxygens (including phenoxy) is 2. The number of carbonyl (C=O) groups excluding carboxylic acids is 1. The summed E-state index contributed by atoms with van der Waals surface area (Å²) >= 11 is 0. The van der Waals surface area contributed by atoms with Gasteiger partial charge in [0.25, 0.3) is 0 Å². The Hall–Kier alpha value is -1.70. The molecular weight excluding hydrogens is 332 g/mol. The van der Waals surface area contributed by atoms with E-state index in [1.807, 2.05) is 37.3 Å². The highest BCUT2D eigenvalue weighted by molar-refractivity contribution is 5.76. The topological polar surface area (TPSA) is 58.1 Å². The number of amides is 1. The summed E-state index contributed by atoms with van der Waals surface area (Å²) in [6, 6.07) is 3.94. The number of morpholine rings is 1. The Morgan fingerprint density at radius 1 is 1.35 bits per heavy atom. The molecule has 1 unspecified atom stereocenters.